The van der Waals surface area contributed by atoms with Gasteiger partial charge in [0.25, 0.3) is 0 Å². The number of hydrogen-bond acceptors (Lipinski definition) is 7. The first kappa shape index (κ1) is 12.4. The van der Waals surface area contributed by atoms with Crippen molar-refractivity contribution in [1.29, 1.82) is 0 Å². The lowest BCUT2D eigenvalue weighted by molar-refractivity contribution is 0.0655. The summed E-state index contributed by atoms with van der Waals surface area (Å²) >= 11 is 1.79. The molecule has 2 aromatic heterocycles. The van der Waals surface area contributed by atoms with Gasteiger partial charge in [0.05, 0.1) is 36.9 Å². The average Bonchev–Trinajstić information content (AvgIpc) is 3.11. The molecule has 0 bridgehead atoms. The Balaban J connectivity index is 1.72. The van der Waals surface area contributed by atoms with E-state index in [0.717, 1.165) is 12.3 Å². The minimum Gasteiger partial charge on any atom is -0.382 e. The van der Waals surface area contributed by atoms with Crippen LogP contribution in [0.5, 0.6) is 0 Å². The molecule has 0 spiro atoms. The van der Waals surface area contributed by atoms with Gasteiger partial charge >= 0.3 is 0 Å². The zero-order chi connectivity index (χ0) is 13.7. The van der Waals surface area contributed by atoms with Gasteiger partial charge in [-0.1, -0.05) is 0 Å². The van der Waals surface area contributed by atoms with Gasteiger partial charge in [0.2, 0.25) is 0 Å². The molecule has 2 saturated heterocycles. The molecular weight excluding hydrogens is 278 g/mol. The van der Waals surface area contributed by atoms with Gasteiger partial charge in [-0.05, 0) is 6.26 Å². The Morgan fingerprint density at radius 2 is 2.10 bits per heavy atom. The molecule has 2 aromatic rings. The molecule has 4 heterocycles. The molecule has 2 aliphatic rings. The second kappa shape index (κ2) is 4.57. The fraction of sp³-hybridized carbons (Fsp3) is 0.583. The third kappa shape index (κ3) is 1.65. The van der Waals surface area contributed by atoms with Crippen LogP contribution in [0.2, 0.25) is 0 Å². The van der Waals surface area contributed by atoms with Crippen LogP contribution >= 0.6 is 11.8 Å². The van der Waals surface area contributed by atoms with Crippen LogP contribution in [0.4, 0.5) is 5.82 Å². The predicted octanol–water partition coefficient (Wildman–Crippen LogP) is 0.479. The lowest BCUT2D eigenvalue weighted by Crippen LogP contribution is -2.28. The third-order valence-corrected chi connectivity index (χ3v) is 5.04. The van der Waals surface area contributed by atoms with Crippen LogP contribution < -0.4 is 5.73 Å². The summed E-state index contributed by atoms with van der Waals surface area (Å²) in [7, 11) is 0. The van der Waals surface area contributed by atoms with E-state index < -0.39 is 0 Å². The first-order valence-electron chi connectivity index (χ1n) is 6.48. The third-order valence-electron chi connectivity index (χ3n) is 4.03. The highest BCUT2D eigenvalue weighted by Crippen LogP contribution is 2.39. The first-order chi connectivity index (χ1) is 9.79. The Morgan fingerprint density at radius 3 is 2.95 bits per heavy atom. The summed E-state index contributed by atoms with van der Waals surface area (Å²) in [6.45, 7) is 1.35. The predicted molar refractivity (Wildman–Crippen MR) is 75.6 cm³/mol. The molecule has 20 heavy (non-hydrogen) atoms. The highest BCUT2D eigenvalue weighted by atomic mass is 32.2. The summed E-state index contributed by atoms with van der Waals surface area (Å²) in [6, 6.07) is 0.0939. The zero-order valence-electron chi connectivity index (χ0n) is 11.0. The van der Waals surface area contributed by atoms with Crippen molar-refractivity contribution < 1.29 is 9.47 Å². The van der Waals surface area contributed by atoms with E-state index in [1.807, 2.05) is 4.57 Å². The van der Waals surface area contributed by atoms with E-state index in [-0.39, 0.29) is 18.2 Å². The fourth-order valence-electron chi connectivity index (χ4n) is 3.00. The molecule has 0 saturated carbocycles. The van der Waals surface area contributed by atoms with Crippen molar-refractivity contribution in [1.82, 2.24) is 19.5 Å². The summed E-state index contributed by atoms with van der Waals surface area (Å²) in [4.78, 5) is 12.6. The van der Waals surface area contributed by atoms with Gasteiger partial charge in [-0.15, -0.1) is 0 Å². The Morgan fingerprint density at radius 1 is 1.25 bits per heavy atom. The molecular formula is C12H15N5O2S. The molecule has 4 rings (SSSR count). The van der Waals surface area contributed by atoms with Crippen molar-refractivity contribution in [3.8, 4) is 0 Å². The number of rotatable bonds is 2. The Labute approximate surface area is 119 Å². The topological polar surface area (TPSA) is 88.1 Å². The second-order valence-corrected chi connectivity index (χ2v) is 6.10. The molecule has 2 aliphatic heterocycles. The lowest BCUT2D eigenvalue weighted by Gasteiger charge is -2.17. The molecule has 4 atom stereocenters. The van der Waals surface area contributed by atoms with E-state index in [2.05, 4.69) is 21.2 Å². The van der Waals surface area contributed by atoms with Gasteiger partial charge in [-0.3, -0.25) is 0 Å². The second-order valence-electron chi connectivity index (χ2n) is 5.02. The Kier molecular flexibility index (Phi) is 2.83. The minimum absolute atomic E-state index is 0.0565. The number of nitrogens with zero attached hydrogens (tertiary/aromatic N) is 4. The summed E-state index contributed by atoms with van der Waals surface area (Å²) in [5, 5.41) is 0.402. The molecule has 106 valence electrons. The van der Waals surface area contributed by atoms with Crippen molar-refractivity contribution in [2.75, 3.05) is 25.2 Å². The van der Waals surface area contributed by atoms with E-state index in [9.17, 15) is 0 Å². The van der Waals surface area contributed by atoms with Crippen LogP contribution in [-0.4, -0.2) is 56.4 Å². The number of thioether (sulfide) groups is 1. The molecule has 8 heteroatoms. The standard InChI is InChI=1S/C12H15N5O2S/c1-20-7-3-19-9-6(2-18-10(7)9)17-5-16-8-11(13)14-4-15-12(8)17/h4-7,9-10H,2-3H2,1H3,(H2,13,14,15). The summed E-state index contributed by atoms with van der Waals surface area (Å²) in [6.07, 6.45) is 5.51. The maximum atomic E-state index is 5.93. The zero-order valence-corrected chi connectivity index (χ0v) is 11.8. The lowest BCUT2D eigenvalue weighted by atomic mass is 10.1. The maximum absolute atomic E-state index is 5.93. The van der Waals surface area contributed by atoms with E-state index in [4.69, 9.17) is 15.2 Å². The van der Waals surface area contributed by atoms with Gasteiger partial charge in [-0.2, -0.15) is 11.8 Å². The van der Waals surface area contributed by atoms with Crippen LogP contribution in [-0.2, 0) is 9.47 Å². The molecule has 7 nitrogen and oxygen atoms in total. The molecule has 4 unspecified atom stereocenters. The normalized spacial score (nSPS) is 32.9. The molecule has 0 aromatic carbocycles. The molecule has 0 amide bonds. The first-order valence-corrected chi connectivity index (χ1v) is 7.77. The number of hydrogen-bond donors (Lipinski definition) is 1. The van der Waals surface area contributed by atoms with Crippen molar-refractivity contribution in [3.05, 3.63) is 12.7 Å². The fourth-order valence-corrected chi connectivity index (χ4v) is 3.71. The van der Waals surface area contributed by atoms with E-state index in [1.54, 1.807) is 18.1 Å². The highest BCUT2D eigenvalue weighted by Gasteiger charge is 2.48. The number of imidazole rings is 1. The number of nitrogen functional groups attached to an aromatic ring is 1. The van der Waals surface area contributed by atoms with Gasteiger partial charge in [0.15, 0.2) is 11.5 Å². The summed E-state index contributed by atoms with van der Waals surface area (Å²) in [5.74, 6) is 0.401. The van der Waals surface area contributed by atoms with E-state index >= 15 is 0 Å². The smallest absolute Gasteiger partial charge is 0.165 e. The number of nitrogens with two attached hydrogens (primary N) is 1. The van der Waals surface area contributed by atoms with Crippen molar-refractivity contribution in [2.24, 2.45) is 0 Å². The Bertz CT molecular complexity index is 648. The van der Waals surface area contributed by atoms with Gasteiger partial charge in [0.1, 0.15) is 17.9 Å². The molecule has 2 N–H and O–H groups in total. The number of ether oxygens (including phenoxy) is 2. The summed E-state index contributed by atoms with van der Waals surface area (Å²) in [5.41, 5.74) is 7.20. The van der Waals surface area contributed by atoms with Crippen LogP contribution in [0.15, 0.2) is 12.7 Å². The van der Waals surface area contributed by atoms with Gasteiger partial charge in [-0.25, -0.2) is 15.0 Å². The summed E-state index contributed by atoms with van der Waals surface area (Å²) < 4.78 is 13.9. The van der Waals surface area contributed by atoms with E-state index in [1.165, 1.54) is 6.33 Å². The SMILES string of the molecule is CSC1COC2C1OCC2n1cnc2c(N)ncnc21. The minimum atomic E-state index is 0.0565. The largest absolute Gasteiger partial charge is 0.382 e. The molecule has 0 aliphatic carbocycles. The van der Waals surface area contributed by atoms with E-state index in [0.29, 0.717) is 23.2 Å². The van der Waals surface area contributed by atoms with Crippen LogP contribution in [0, 0.1) is 0 Å². The number of fused-ring (bicyclic) bond motifs is 2. The van der Waals surface area contributed by atoms with Crippen LogP contribution in [0.3, 0.4) is 0 Å². The molecule has 2 fully saturated rings. The maximum Gasteiger partial charge on any atom is 0.165 e. The quantitative estimate of drug-likeness (QED) is 0.861. The van der Waals surface area contributed by atoms with Crippen molar-refractivity contribution in [2.45, 2.75) is 23.5 Å². The monoisotopic (exact) mass is 293 g/mol. The average molecular weight is 293 g/mol. The number of aromatic nitrogens is 4. The van der Waals surface area contributed by atoms with Gasteiger partial charge < -0.3 is 19.8 Å². The number of anilines is 1. The highest BCUT2D eigenvalue weighted by molar-refractivity contribution is 7.99. The van der Waals surface area contributed by atoms with Crippen LogP contribution in [0.25, 0.3) is 11.2 Å². The Hall–Kier alpha value is -1.38. The van der Waals surface area contributed by atoms with Crippen LogP contribution in [0.1, 0.15) is 6.04 Å². The van der Waals surface area contributed by atoms with Crippen molar-refractivity contribution in [3.63, 3.8) is 0 Å². The van der Waals surface area contributed by atoms with Gasteiger partial charge in [0, 0.05) is 0 Å². The van der Waals surface area contributed by atoms with Crippen molar-refractivity contribution >= 4 is 28.7 Å². The molecule has 0 radical (unpaired) electrons.